The summed E-state index contributed by atoms with van der Waals surface area (Å²) in [6.07, 6.45) is -2.06. The highest BCUT2D eigenvalue weighted by Gasteiger charge is 2.43. The Kier molecular flexibility index (Phi) is 7.90. The van der Waals surface area contributed by atoms with E-state index < -0.39 is 29.6 Å². The van der Waals surface area contributed by atoms with E-state index in [2.05, 4.69) is 25.6 Å². The Balaban J connectivity index is 1.86. The number of nitrogens with zero attached hydrogens (tertiary/aromatic N) is 4. The van der Waals surface area contributed by atoms with Crippen LogP contribution in [-0.2, 0) is 11.8 Å². The highest BCUT2D eigenvalue weighted by atomic mass is 19.4. The normalized spacial score (nSPS) is 18.1. The summed E-state index contributed by atoms with van der Waals surface area (Å²) in [5, 5.41) is 36.4. The summed E-state index contributed by atoms with van der Waals surface area (Å²) in [6.45, 7) is 3.15. The Labute approximate surface area is 201 Å². The number of aromatic nitrogens is 1. The molecular weight excluding hydrogens is 461 g/mol. The van der Waals surface area contributed by atoms with Gasteiger partial charge in [0.25, 0.3) is 0 Å². The molecule has 0 amide bonds. The zero-order chi connectivity index (χ0) is 25.8. The molecule has 1 saturated carbocycles. The standard InChI is InChI=1S/C24H27F3N6O2/c1-14(21(31-13-29-3)33-20-7-4-15(11-28)12-30-20)32-22(34)16-8-18(23(2,35)17-5-6-17)10-19(9-16)24(25,26)27/h4,7-10,12-14,17,22,32,34-35H,5-6H2,1-3H3,(H,29,30,31,33). The third kappa shape index (κ3) is 6.63. The Bertz CT molecular complexity index is 1140. The maximum atomic E-state index is 13.6. The predicted octanol–water partition coefficient (Wildman–Crippen LogP) is 3.73. The molecule has 186 valence electrons. The molecule has 0 bridgehead atoms. The molecule has 35 heavy (non-hydrogen) atoms. The second kappa shape index (κ2) is 10.5. The number of alkyl halides is 3. The monoisotopic (exact) mass is 488 g/mol. The van der Waals surface area contributed by atoms with Crippen molar-refractivity contribution in [2.45, 2.75) is 50.7 Å². The average molecular weight is 489 g/mol. The van der Waals surface area contributed by atoms with Crippen molar-refractivity contribution in [3.63, 3.8) is 0 Å². The van der Waals surface area contributed by atoms with Crippen molar-refractivity contribution >= 4 is 18.0 Å². The van der Waals surface area contributed by atoms with E-state index in [0.717, 1.165) is 25.0 Å². The molecule has 2 aromatic rings. The minimum absolute atomic E-state index is 0.0393. The SMILES string of the molecule is CN=CN=C(Nc1ccc(C#N)cn1)C(C)NC(O)c1cc(C(F)(F)F)cc(C(C)(O)C2CC2)c1. The second-order valence-corrected chi connectivity index (χ2v) is 8.61. The molecule has 0 radical (unpaired) electrons. The van der Waals surface area contributed by atoms with E-state index in [1.807, 2.05) is 6.07 Å². The number of amidine groups is 1. The number of hydrogen-bond donors (Lipinski definition) is 4. The highest BCUT2D eigenvalue weighted by molar-refractivity contribution is 6.02. The maximum Gasteiger partial charge on any atom is 0.416 e. The lowest BCUT2D eigenvalue weighted by Gasteiger charge is -2.27. The third-order valence-electron chi connectivity index (χ3n) is 5.83. The largest absolute Gasteiger partial charge is 0.416 e. The van der Waals surface area contributed by atoms with Crippen LogP contribution in [0.25, 0.3) is 0 Å². The molecule has 1 heterocycles. The molecule has 3 atom stereocenters. The van der Waals surface area contributed by atoms with Crippen LogP contribution in [0.5, 0.6) is 0 Å². The number of pyridine rings is 1. The number of hydrogen-bond acceptors (Lipinski definition) is 6. The molecule has 1 aliphatic carbocycles. The first-order valence-corrected chi connectivity index (χ1v) is 11.0. The molecule has 1 aliphatic rings. The average Bonchev–Trinajstić information content (AvgIpc) is 3.67. The van der Waals surface area contributed by atoms with Crippen LogP contribution in [0.2, 0.25) is 0 Å². The minimum atomic E-state index is -4.65. The van der Waals surface area contributed by atoms with Crippen molar-refractivity contribution in [2.24, 2.45) is 15.9 Å². The van der Waals surface area contributed by atoms with Crippen molar-refractivity contribution < 1.29 is 23.4 Å². The molecule has 0 saturated heterocycles. The van der Waals surface area contributed by atoms with E-state index in [1.165, 1.54) is 32.6 Å². The number of anilines is 1. The summed E-state index contributed by atoms with van der Waals surface area (Å²) in [4.78, 5) is 12.1. The molecule has 11 heteroatoms. The van der Waals surface area contributed by atoms with Gasteiger partial charge in [0.1, 0.15) is 30.3 Å². The van der Waals surface area contributed by atoms with Gasteiger partial charge in [-0.3, -0.25) is 10.3 Å². The summed E-state index contributed by atoms with van der Waals surface area (Å²) in [6, 6.07) is 7.59. The smallest absolute Gasteiger partial charge is 0.385 e. The third-order valence-corrected chi connectivity index (χ3v) is 5.83. The van der Waals surface area contributed by atoms with E-state index in [0.29, 0.717) is 11.4 Å². The molecular formula is C24H27F3N6O2. The van der Waals surface area contributed by atoms with Gasteiger partial charge in [0, 0.05) is 13.2 Å². The number of aliphatic imine (C=N–C) groups is 2. The Morgan fingerprint density at radius 3 is 2.49 bits per heavy atom. The van der Waals surface area contributed by atoms with Crippen LogP contribution in [0.1, 0.15) is 55.2 Å². The van der Waals surface area contributed by atoms with Crippen LogP contribution in [-0.4, -0.2) is 40.5 Å². The summed E-state index contributed by atoms with van der Waals surface area (Å²) in [5.74, 6) is 0.528. The van der Waals surface area contributed by atoms with Crippen LogP contribution in [0, 0.1) is 17.2 Å². The number of nitriles is 1. The first-order chi connectivity index (χ1) is 16.5. The van der Waals surface area contributed by atoms with Crippen LogP contribution >= 0.6 is 0 Å². The van der Waals surface area contributed by atoms with Crippen molar-refractivity contribution in [3.8, 4) is 6.07 Å². The summed E-state index contributed by atoms with van der Waals surface area (Å²) < 4.78 is 40.8. The lowest BCUT2D eigenvalue weighted by molar-refractivity contribution is -0.137. The van der Waals surface area contributed by atoms with E-state index in [1.54, 1.807) is 19.1 Å². The summed E-state index contributed by atoms with van der Waals surface area (Å²) in [5.41, 5.74) is -1.96. The van der Waals surface area contributed by atoms with E-state index in [9.17, 15) is 23.4 Å². The van der Waals surface area contributed by atoms with Crippen LogP contribution in [0.4, 0.5) is 19.0 Å². The molecule has 3 unspecified atom stereocenters. The van der Waals surface area contributed by atoms with Crippen molar-refractivity contribution in [3.05, 3.63) is 58.8 Å². The number of halogens is 3. The number of aliphatic hydroxyl groups excluding tert-OH is 1. The molecule has 3 rings (SSSR count). The van der Waals surface area contributed by atoms with Gasteiger partial charge in [-0.1, -0.05) is 0 Å². The number of aliphatic hydroxyl groups is 2. The Morgan fingerprint density at radius 1 is 1.26 bits per heavy atom. The predicted molar refractivity (Wildman–Crippen MR) is 126 cm³/mol. The van der Waals surface area contributed by atoms with Gasteiger partial charge in [0.05, 0.1) is 22.8 Å². The lowest BCUT2D eigenvalue weighted by Crippen LogP contribution is -2.40. The molecule has 8 nitrogen and oxygen atoms in total. The molecule has 0 spiro atoms. The maximum absolute atomic E-state index is 13.6. The molecule has 1 fully saturated rings. The van der Waals surface area contributed by atoms with Gasteiger partial charge in [-0.2, -0.15) is 18.4 Å². The number of benzene rings is 1. The van der Waals surface area contributed by atoms with Crippen LogP contribution in [0.3, 0.4) is 0 Å². The van der Waals surface area contributed by atoms with E-state index in [4.69, 9.17) is 5.26 Å². The Hall–Kier alpha value is -3.33. The summed E-state index contributed by atoms with van der Waals surface area (Å²) in [7, 11) is 1.52. The van der Waals surface area contributed by atoms with E-state index in [-0.39, 0.29) is 22.9 Å². The molecule has 4 N–H and O–H groups in total. The fourth-order valence-electron chi connectivity index (χ4n) is 3.60. The van der Waals surface area contributed by atoms with Crippen LogP contribution in [0.15, 0.2) is 46.5 Å². The van der Waals surface area contributed by atoms with Crippen molar-refractivity contribution in [1.29, 1.82) is 5.26 Å². The van der Waals surface area contributed by atoms with Crippen molar-refractivity contribution in [2.75, 3.05) is 12.4 Å². The Morgan fingerprint density at radius 2 is 1.94 bits per heavy atom. The van der Waals surface area contributed by atoms with Gasteiger partial charge in [-0.25, -0.2) is 9.98 Å². The fraction of sp³-hybridized carbons (Fsp3) is 0.417. The highest BCUT2D eigenvalue weighted by Crippen LogP contribution is 2.46. The quantitative estimate of drug-likeness (QED) is 0.255. The van der Waals surface area contributed by atoms with Crippen molar-refractivity contribution in [1.82, 2.24) is 10.3 Å². The molecule has 1 aromatic carbocycles. The van der Waals surface area contributed by atoms with Gasteiger partial charge in [0.2, 0.25) is 0 Å². The number of rotatable bonds is 8. The van der Waals surface area contributed by atoms with Gasteiger partial charge < -0.3 is 15.5 Å². The second-order valence-electron chi connectivity index (χ2n) is 8.61. The first kappa shape index (κ1) is 26.3. The van der Waals surface area contributed by atoms with Gasteiger partial charge in [0.15, 0.2) is 0 Å². The molecule has 1 aromatic heterocycles. The molecule has 0 aliphatic heterocycles. The van der Waals surface area contributed by atoms with Gasteiger partial charge in [-0.15, -0.1) is 0 Å². The first-order valence-electron chi connectivity index (χ1n) is 11.0. The van der Waals surface area contributed by atoms with Gasteiger partial charge in [-0.05, 0) is 74.1 Å². The lowest BCUT2D eigenvalue weighted by atomic mass is 9.88. The zero-order valence-electron chi connectivity index (χ0n) is 19.5. The fourth-order valence-corrected chi connectivity index (χ4v) is 3.60. The van der Waals surface area contributed by atoms with Crippen LogP contribution < -0.4 is 10.6 Å². The minimum Gasteiger partial charge on any atom is -0.385 e. The number of nitrogens with one attached hydrogen (secondary N) is 2. The van der Waals surface area contributed by atoms with E-state index >= 15 is 0 Å². The van der Waals surface area contributed by atoms with Gasteiger partial charge >= 0.3 is 6.18 Å². The zero-order valence-corrected chi connectivity index (χ0v) is 19.5. The summed E-state index contributed by atoms with van der Waals surface area (Å²) >= 11 is 0. The topological polar surface area (TPSA) is 126 Å².